The van der Waals surface area contributed by atoms with Gasteiger partial charge in [0.2, 0.25) is 0 Å². The molecule has 0 atom stereocenters. The first-order chi connectivity index (χ1) is 14.6. The summed E-state index contributed by atoms with van der Waals surface area (Å²) in [6.45, 7) is 2.50. The topological polar surface area (TPSA) is 79.8 Å². The molecule has 0 aliphatic heterocycles. The monoisotopic (exact) mass is 401 g/mol. The van der Waals surface area contributed by atoms with Crippen molar-refractivity contribution in [2.75, 3.05) is 5.32 Å². The van der Waals surface area contributed by atoms with Crippen LogP contribution in [0.2, 0.25) is 0 Å². The Kier molecular flexibility index (Phi) is 7.33. The van der Waals surface area contributed by atoms with E-state index in [0.29, 0.717) is 18.0 Å². The number of rotatable bonds is 7. The summed E-state index contributed by atoms with van der Waals surface area (Å²) in [4.78, 5) is 23.9. The lowest BCUT2D eigenvalue weighted by Crippen LogP contribution is -2.32. The number of hydrazone groups is 1. The Labute approximate surface area is 175 Å². The van der Waals surface area contributed by atoms with Crippen molar-refractivity contribution in [3.8, 4) is 5.75 Å². The van der Waals surface area contributed by atoms with Gasteiger partial charge in [-0.1, -0.05) is 61.5 Å². The van der Waals surface area contributed by atoms with Crippen LogP contribution in [0, 0.1) is 0 Å². The standard InChI is InChI=1S/C24H23N3O3/c1-2-18-11-13-21(14-12-18)26-23(28)24(29)27-25-16-20-9-6-10-22(15-20)30-17-19-7-4-3-5-8-19/h3-16H,2,17H2,1H3,(H,26,28)(H,27,29)/b25-16+. The van der Waals surface area contributed by atoms with Gasteiger partial charge in [-0.3, -0.25) is 9.59 Å². The first kappa shape index (κ1) is 20.8. The van der Waals surface area contributed by atoms with Crippen LogP contribution in [-0.4, -0.2) is 18.0 Å². The molecule has 2 amide bonds. The Bertz CT molecular complexity index is 1020. The highest BCUT2D eigenvalue weighted by Gasteiger charge is 2.12. The summed E-state index contributed by atoms with van der Waals surface area (Å²) in [5, 5.41) is 6.39. The predicted molar refractivity (Wildman–Crippen MR) is 117 cm³/mol. The molecule has 0 fully saturated rings. The lowest BCUT2D eigenvalue weighted by Gasteiger charge is -2.07. The Morgan fingerprint density at radius 2 is 1.67 bits per heavy atom. The van der Waals surface area contributed by atoms with Gasteiger partial charge in [0.05, 0.1) is 6.21 Å². The van der Waals surface area contributed by atoms with Crippen molar-refractivity contribution in [2.45, 2.75) is 20.0 Å². The summed E-state index contributed by atoms with van der Waals surface area (Å²) >= 11 is 0. The third-order valence-electron chi connectivity index (χ3n) is 4.31. The third-order valence-corrected chi connectivity index (χ3v) is 4.31. The maximum atomic E-state index is 12.0. The molecule has 0 saturated heterocycles. The van der Waals surface area contributed by atoms with Gasteiger partial charge in [0.25, 0.3) is 0 Å². The van der Waals surface area contributed by atoms with E-state index in [4.69, 9.17) is 4.74 Å². The fraction of sp³-hybridized carbons (Fsp3) is 0.125. The second-order valence-corrected chi connectivity index (χ2v) is 6.55. The molecule has 0 aromatic heterocycles. The van der Waals surface area contributed by atoms with Crippen LogP contribution in [-0.2, 0) is 22.6 Å². The van der Waals surface area contributed by atoms with E-state index in [9.17, 15) is 9.59 Å². The van der Waals surface area contributed by atoms with Crippen molar-refractivity contribution in [1.29, 1.82) is 0 Å². The van der Waals surface area contributed by atoms with E-state index in [2.05, 4.69) is 15.8 Å². The molecule has 3 aromatic carbocycles. The molecular weight excluding hydrogens is 378 g/mol. The third kappa shape index (κ3) is 6.31. The van der Waals surface area contributed by atoms with Gasteiger partial charge >= 0.3 is 11.8 Å². The molecule has 3 aromatic rings. The van der Waals surface area contributed by atoms with Gasteiger partial charge in [-0.15, -0.1) is 0 Å². The lowest BCUT2D eigenvalue weighted by atomic mass is 10.1. The van der Waals surface area contributed by atoms with Gasteiger partial charge in [-0.25, -0.2) is 5.43 Å². The lowest BCUT2D eigenvalue weighted by molar-refractivity contribution is -0.136. The summed E-state index contributed by atoms with van der Waals surface area (Å²) in [5.41, 5.74) is 5.74. The highest BCUT2D eigenvalue weighted by molar-refractivity contribution is 6.39. The number of carbonyl (C=O) groups is 2. The first-order valence-electron chi connectivity index (χ1n) is 9.64. The highest BCUT2D eigenvalue weighted by Crippen LogP contribution is 2.14. The summed E-state index contributed by atoms with van der Waals surface area (Å²) in [7, 11) is 0. The Morgan fingerprint density at radius 1 is 0.900 bits per heavy atom. The van der Waals surface area contributed by atoms with Crippen LogP contribution in [0.15, 0.2) is 84.0 Å². The molecule has 0 heterocycles. The molecule has 2 N–H and O–H groups in total. The van der Waals surface area contributed by atoms with Crippen LogP contribution in [0.4, 0.5) is 5.69 Å². The number of anilines is 1. The number of hydrogen-bond acceptors (Lipinski definition) is 4. The van der Waals surface area contributed by atoms with Gasteiger partial charge < -0.3 is 10.1 Å². The maximum Gasteiger partial charge on any atom is 0.329 e. The molecule has 3 rings (SSSR count). The zero-order valence-electron chi connectivity index (χ0n) is 16.7. The average Bonchev–Trinajstić information content (AvgIpc) is 2.79. The van der Waals surface area contributed by atoms with Gasteiger partial charge in [-0.05, 0) is 47.4 Å². The second-order valence-electron chi connectivity index (χ2n) is 6.55. The first-order valence-corrected chi connectivity index (χ1v) is 9.64. The van der Waals surface area contributed by atoms with Crippen molar-refractivity contribution < 1.29 is 14.3 Å². The Balaban J connectivity index is 1.50. The minimum Gasteiger partial charge on any atom is -0.489 e. The Hall–Kier alpha value is -3.93. The second kappa shape index (κ2) is 10.6. The number of nitrogens with one attached hydrogen (secondary N) is 2. The maximum absolute atomic E-state index is 12.0. The van der Waals surface area contributed by atoms with Crippen LogP contribution in [0.25, 0.3) is 0 Å². The number of hydrogen-bond donors (Lipinski definition) is 2. The van der Waals surface area contributed by atoms with Gasteiger partial charge in [0.15, 0.2) is 0 Å². The quantitative estimate of drug-likeness (QED) is 0.358. The molecule has 30 heavy (non-hydrogen) atoms. The SMILES string of the molecule is CCc1ccc(NC(=O)C(=O)N/N=C/c2cccc(OCc3ccccc3)c2)cc1. The summed E-state index contributed by atoms with van der Waals surface area (Å²) < 4.78 is 5.77. The van der Waals surface area contributed by atoms with E-state index in [1.54, 1.807) is 18.2 Å². The van der Waals surface area contributed by atoms with Gasteiger partial charge in [0.1, 0.15) is 12.4 Å². The predicted octanol–water partition coefficient (Wildman–Crippen LogP) is 3.92. The molecule has 0 spiro atoms. The van der Waals surface area contributed by atoms with Gasteiger partial charge in [0, 0.05) is 5.69 Å². The minimum atomic E-state index is -0.845. The normalized spacial score (nSPS) is 10.6. The fourth-order valence-electron chi connectivity index (χ4n) is 2.65. The average molecular weight is 401 g/mol. The largest absolute Gasteiger partial charge is 0.489 e. The van der Waals surface area contributed by atoms with E-state index in [0.717, 1.165) is 23.1 Å². The van der Waals surface area contributed by atoms with E-state index < -0.39 is 11.8 Å². The minimum absolute atomic E-state index is 0.456. The van der Waals surface area contributed by atoms with Gasteiger partial charge in [-0.2, -0.15) is 5.10 Å². The summed E-state index contributed by atoms with van der Waals surface area (Å²) in [6, 6.07) is 24.5. The number of ether oxygens (including phenoxy) is 1. The molecule has 0 saturated carbocycles. The van der Waals surface area contributed by atoms with E-state index >= 15 is 0 Å². The van der Waals surface area contributed by atoms with E-state index in [1.165, 1.54) is 6.21 Å². The summed E-state index contributed by atoms with van der Waals surface area (Å²) in [5.74, 6) is -0.943. The summed E-state index contributed by atoms with van der Waals surface area (Å²) in [6.07, 6.45) is 2.36. The smallest absolute Gasteiger partial charge is 0.329 e. The number of nitrogens with zero attached hydrogens (tertiary/aromatic N) is 1. The van der Waals surface area contributed by atoms with E-state index in [1.807, 2.05) is 67.6 Å². The van der Waals surface area contributed by atoms with Crippen LogP contribution in [0.5, 0.6) is 5.75 Å². The van der Waals surface area contributed by atoms with Crippen molar-refractivity contribution in [3.63, 3.8) is 0 Å². The Morgan fingerprint density at radius 3 is 2.40 bits per heavy atom. The fourth-order valence-corrected chi connectivity index (χ4v) is 2.65. The van der Waals surface area contributed by atoms with Crippen LogP contribution in [0.3, 0.4) is 0 Å². The molecule has 0 bridgehead atoms. The van der Waals surface area contributed by atoms with Crippen molar-refractivity contribution in [2.24, 2.45) is 5.10 Å². The molecule has 0 radical (unpaired) electrons. The van der Waals surface area contributed by atoms with E-state index in [-0.39, 0.29) is 0 Å². The molecule has 0 aliphatic carbocycles. The van der Waals surface area contributed by atoms with Crippen molar-refractivity contribution >= 4 is 23.7 Å². The molecule has 6 nitrogen and oxygen atoms in total. The zero-order valence-corrected chi connectivity index (χ0v) is 16.7. The highest BCUT2D eigenvalue weighted by atomic mass is 16.5. The van der Waals surface area contributed by atoms with Crippen LogP contribution >= 0.6 is 0 Å². The van der Waals surface area contributed by atoms with Crippen LogP contribution in [0.1, 0.15) is 23.6 Å². The zero-order chi connectivity index (χ0) is 21.2. The number of aryl methyl sites for hydroxylation is 1. The molecular formula is C24H23N3O3. The number of amides is 2. The number of carbonyl (C=O) groups excluding carboxylic acids is 2. The number of benzene rings is 3. The van der Waals surface area contributed by atoms with Crippen molar-refractivity contribution in [1.82, 2.24) is 5.43 Å². The van der Waals surface area contributed by atoms with Crippen molar-refractivity contribution in [3.05, 3.63) is 95.6 Å². The molecule has 0 unspecified atom stereocenters. The molecule has 152 valence electrons. The van der Waals surface area contributed by atoms with Crippen LogP contribution < -0.4 is 15.5 Å². The molecule has 6 heteroatoms. The molecule has 0 aliphatic rings.